The maximum Gasteiger partial charge on any atom is 0.496 e. The lowest BCUT2D eigenvalue weighted by atomic mass is 9.77. The van der Waals surface area contributed by atoms with E-state index in [4.69, 9.17) is 23.4 Å². The minimum atomic E-state index is -0.673. The average molecular weight is 608 g/mol. The number of rotatable bonds is 7. The number of hydrogen-bond acceptors (Lipinski definition) is 7. The van der Waals surface area contributed by atoms with Crippen molar-refractivity contribution < 1.29 is 28.1 Å². The van der Waals surface area contributed by atoms with Gasteiger partial charge in [-0.2, -0.15) is 0 Å². The lowest BCUT2D eigenvalue weighted by molar-refractivity contribution is 0.00578. The van der Waals surface area contributed by atoms with Gasteiger partial charge in [-0.15, -0.1) is 0 Å². The van der Waals surface area contributed by atoms with Crippen LogP contribution in [0, 0.1) is 0 Å². The summed E-state index contributed by atoms with van der Waals surface area (Å²) in [4.78, 5) is 17.7. The van der Waals surface area contributed by atoms with Gasteiger partial charge < -0.3 is 28.7 Å². The second kappa shape index (κ2) is 11.4. The topological polar surface area (TPSA) is 88.1 Å². The fourth-order valence-electron chi connectivity index (χ4n) is 5.83. The Morgan fingerprint density at radius 3 is 1.87 bits per heavy atom. The highest BCUT2D eigenvalue weighted by molar-refractivity contribution is 6.62. The minimum absolute atomic E-state index is 0.0204. The van der Waals surface area contributed by atoms with Crippen molar-refractivity contribution >= 4 is 31.9 Å². The maximum atomic E-state index is 13.1. The van der Waals surface area contributed by atoms with Gasteiger partial charge in [-0.05, 0) is 95.3 Å². The van der Waals surface area contributed by atoms with Crippen LogP contribution in [-0.4, -0.2) is 60.9 Å². The smallest absolute Gasteiger partial charge is 0.449 e. The molecule has 3 aromatic rings. The Morgan fingerprint density at radius 1 is 0.800 bits per heavy atom. The molecule has 6 rings (SSSR count). The van der Waals surface area contributed by atoms with E-state index in [9.17, 15) is 4.79 Å². The van der Waals surface area contributed by atoms with Gasteiger partial charge in [0, 0.05) is 24.1 Å². The monoisotopic (exact) mass is 608 g/mol. The first-order chi connectivity index (χ1) is 21.2. The lowest BCUT2D eigenvalue weighted by Gasteiger charge is -2.32. The van der Waals surface area contributed by atoms with Gasteiger partial charge in [0.2, 0.25) is 0 Å². The van der Waals surface area contributed by atoms with E-state index in [2.05, 4.69) is 34.6 Å². The minimum Gasteiger partial charge on any atom is -0.449 e. The van der Waals surface area contributed by atoms with Gasteiger partial charge in [0.25, 0.3) is 0 Å². The molecule has 2 aromatic carbocycles. The highest BCUT2D eigenvalue weighted by Gasteiger charge is 2.53. The van der Waals surface area contributed by atoms with Gasteiger partial charge >= 0.3 is 20.3 Å². The Labute approximate surface area is 267 Å². The van der Waals surface area contributed by atoms with Crippen molar-refractivity contribution in [2.45, 2.75) is 83.7 Å². The van der Waals surface area contributed by atoms with Crippen molar-refractivity contribution in [1.29, 1.82) is 0 Å². The van der Waals surface area contributed by atoms with Crippen molar-refractivity contribution in [2.75, 3.05) is 13.2 Å². The second-order valence-electron chi connectivity index (χ2n) is 14.1. The molecule has 45 heavy (non-hydrogen) atoms. The number of amides is 1. The Kier molecular flexibility index (Phi) is 8.01. The van der Waals surface area contributed by atoms with E-state index in [0.29, 0.717) is 5.69 Å². The normalized spacial score (nSPS) is 21.0. The Morgan fingerprint density at radius 2 is 1.33 bits per heavy atom. The molecule has 0 atom stereocenters. The number of carbonyl (C=O) groups excluding carboxylic acids is 1. The van der Waals surface area contributed by atoms with Crippen LogP contribution in [0.1, 0.15) is 78.1 Å². The molecule has 2 aliphatic heterocycles. The highest BCUT2D eigenvalue weighted by Crippen LogP contribution is 2.44. The van der Waals surface area contributed by atoms with Crippen LogP contribution >= 0.6 is 0 Å². The van der Waals surface area contributed by atoms with Crippen LogP contribution in [0.15, 0.2) is 72.3 Å². The zero-order chi connectivity index (χ0) is 32.2. The van der Waals surface area contributed by atoms with Crippen molar-refractivity contribution in [2.24, 2.45) is 0 Å². The summed E-state index contributed by atoms with van der Waals surface area (Å²) in [6.07, 6.45) is 3.14. The zero-order valence-electron chi connectivity index (χ0n) is 27.5. The van der Waals surface area contributed by atoms with Gasteiger partial charge in [0.15, 0.2) is 0 Å². The summed E-state index contributed by atoms with van der Waals surface area (Å²) in [7, 11) is -1.17. The predicted molar refractivity (Wildman–Crippen MR) is 177 cm³/mol. The molecule has 0 spiro atoms. The third-order valence-corrected chi connectivity index (χ3v) is 10.0. The van der Waals surface area contributed by atoms with E-state index in [0.717, 1.165) is 10.9 Å². The average Bonchev–Trinajstić information content (AvgIpc) is 3.51. The number of ether oxygens (including phenoxy) is 1. The fourth-order valence-corrected chi connectivity index (χ4v) is 5.83. The van der Waals surface area contributed by atoms with Gasteiger partial charge in [0.05, 0.1) is 28.1 Å². The lowest BCUT2D eigenvalue weighted by Crippen LogP contribution is -2.41. The van der Waals surface area contributed by atoms with Gasteiger partial charge in [0.1, 0.15) is 6.61 Å². The molecule has 0 unspecified atom stereocenters. The Bertz CT molecular complexity index is 1540. The van der Waals surface area contributed by atoms with E-state index >= 15 is 0 Å². The molecular formula is C35H42B2N2O6. The molecule has 3 heterocycles. The molecule has 2 saturated heterocycles. The molecule has 1 amide bonds. The summed E-state index contributed by atoms with van der Waals surface area (Å²) < 4.78 is 30.9. The molecule has 0 bridgehead atoms. The molecule has 1 aromatic heterocycles. The second-order valence-corrected chi connectivity index (χ2v) is 14.1. The van der Waals surface area contributed by atoms with Crippen molar-refractivity contribution in [3.8, 4) is 11.1 Å². The molecule has 1 aliphatic carbocycles. The van der Waals surface area contributed by atoms with Crippen LogP contribution in [0.4, 0.5) is 4.79 Å². The van der Waals surface area contributed by atoms with Gasteiger partial charge in [-0.25, -0.2) is 4.79 Å². The van der Waals surface area contributed by atoms with Crippen LogP contribution in [0.3, 0.4) is 0 Å². The SMILES string of the molecule is CC1(C)OB(C(=Cc2ccc(B3OC(C)(C)C(C)(C)O3)cn2)CNC(=O)OCC2c3ccccc3-c3ccccc32)OC1(C)C. The van der Waals surface area contributed by atoms with Crippen LogP contribution in [0.2, 0.25) is 0 Å². The highest BCUT2D eigenvalue weighted by atomic mass is 16.7. The Balaban J connectivity index is 1.16. The quantitative estimate of drug-likeness (QED) is 0.333. The number of pyridine rings is 1. The number of hydrogen-bond donors (Lipinski definition) is 1. The first kappa shape index (κ1) is 31.5. The molecule has 10 heteroatoms. The third kappa shape index (κ3) is 5.97. The molecule has 3 aliphatic rings. The van der Waals surface area contributed by atoms with E-state index in [1.54, 1.807) is 6.20 Å². The summed E-state index contributed by atoms with van der Waals surface area (Å²) in [5.74, 6) is -0.0204. The summed E-state index contributed by atoms with van der Waals surface area (Å²) in [5, 5.41) is 2.92. The number of nitrogens with zero attached hydrogens (tertiary/aromatic N) is 1. The van der Waals surface area contributed by atoms with Crippen molar-refractivity contribution in [3.63, 3.8) is 0 Å². The van der Waals surface area contributed by atoms with Crippen LogP contribution < -0.4 is 10.8 Å². The Hall–Kier alpha value is -3.43. The maximum absolute atomic E-state index is 13.1. The molecule has 2 fully saturated rings. The van der Waals surface area contributed by atoms with Crippen molar-refractivity contribution in [3.05, 3.63) is 89.2 Å². The van der Waals surface area contributed by atoms with Crippen LogP contribution in [0.5, 0.6) is 0 Å². The number of nitrogens with one attached hydrogen (secondary N) is 1. The van der Waals surface area contributed by atoms with Crippen LogP contribution in [-0.2, 0) is 23.4 Å². The molecule has 1 N–H and O–H groups in total. The summed E-state index contributed by atoms with van der Waals surface area (Å²) >= 11 is 0. The fraction of sp³-hybridized carbons (Fsp3) is 0.429. The first-order valence-corrected chi connectivity index (χ1v) is 15.6. The summed E-state index contributed by atoms with van der Waals surface area (Å²) in [6.45, 7) is 16.5. The van der Waals surface area contributed by atoms with E-state index in [1.807, 2.05) is 97.9 Å². The number of benzene rings is 2. The number of aromatic nitrogens is 1. The summed E-state index contributed by atoms with van der Waals surface area (Å²) in [6, 6.07) is 20.4. The van der Waals surface area contributed by atoms with E-state index in [1.165, 1.54) is 22.3 Å². The van der Waals surface area contributed by atoms with Gasteiger partial charge in [-0.1, -0.05) is 54.6 Å². The van der Waals surface area contributed by atoms with Crippen LogP contribution in [0.25, 0.3) is 17.2 Å². The van der Waals surface area contributed by atoms with E-state index < -0.39 is 42.7 Å². The first-order valence-electron chi connectivity index (χ1n) is 15.6. The summed E-state index contributed by atoms with van der Waals surface area (Å²) in [5.41, 5.74) is 4.97. The molecule has 0 radical (unpaired) electrons. The number of fused-ring (bicyclic) bond motifs is 3. The molecule has 0 saturated carbocycles. The van der Waals surface area contributed by atoms with E-state index in [-0.39, 0.29) is 19.1 Å². The number of alkyl carbamates (subject to hydrolysis) is 1. The van der Waals surface area contributed by atoms with Crippen molar-refractivity contribution in [1.82, 2.24) is 10.3 Å². The predicted octanol–water partition coefficient (Wildman–Crippen LogP) is 5.93. The standard InChI is InChI=1S/C35H42B2N2O6/c1-32(2)33(3,4)43-36(42-32)23-17-18-25(38-20-23)19-24(37-44-34(5,6)35(7,8)45-37)21-39-31(40)41-22-30-28-15-11-9-13-26(28)27-14-10-12-16-29(27)30/h9-20,30H,21-22H2,1-8H3,(H,39,40). The zero-order valence-corrected chi connectivity index (χ0v) is 27.5. The largest absolute Gasteiger partial charge is 0.496 e. The number of carbonyl (C=O) groups is 1. The van der Waals surface area contributed by atoms with Gasteiger partial charge in [-0.3, -0.25) is 4.98 Å². The molecular weight excluding hydrogens is 566 g/mol. The molecule has 8 nitrogen and oxygen atoms in total. The molecule has 234 valence electrons. The third-order valence-electron chi connectivity index (χ3n) is 10.0.